The Hall–Kier alpha value is -1.32. The molecule has 0 bridgehead atoms. The highest BCUT2D eigenvalue weighted by Crippen LogP contribution is 2.26. The third kappa shape index (κ3) is 2.62. The lowest BCUT2D eigenvalue weighted by atomic mass is 10.3. The third-order valence-corrected chi connectivity index (χ3v) is 2.65. The van der Waals surface area contributed by atoms with Crippen LogP contribution in [-0.4, -0.2) is 4.98 Å². The fourth-order valence-corrected chi connectivity index (χ4v) is 1.50. The molecule has 16 heavy (non-hydrogen) atoms. The predicted molar refractivity (Wildman–Crippen MR) is 63.9 cm³/mol. The predicted octanol–water partition coefficient (Wildman–Crippen LogP) is 4.27. The minimum Gasteiger partial charge on any atom is -0.340 e. The van der Waals surface area contributed by atoms with E-state index >= 15 is 0 Å². The van der Waals surface area contributed by atoms with E-state index in [4.69, 9.17) is 23.2 Å². The number of halogens is 3. The van der Waals surface area contributed by atoms with Gasteiger partial charge in [0.2, 0.25) is 5.95 Å². The first-order chi connectivity index (χ1) is 7.65. The lowest BCUT2D eigenvalue weighted by Gasteiger charge is -2.06. The van der Waals surface area contributed by atoms with Gasteiger partial charge in [0.25, 0.3) is 0 Å². The maximum absolute atomic E-state index is 12.8. The van der Waals surface area contributed by atoms with E-state index in [1.807, 2.05) is 0 Å². The molecule has 0 radical (unpaired) electrons. The number of nitrogens with zero attached hydrogens (tertiary/aromatic N) is 1. The van der Waals surface area contributed by atoms with E-state index in [0.29, 0.717) is 21.6 Å². The summed E-state index contributed by atoms with van der Waals surface area (Å²) in [5.74, 6) is -0.122. The van der Waals surface area contributed by atoms with Gasteiger partial charge in [-0.15, -0.1) is 0 Å². The Morgan fingerprint density at radius 3 is 2.56 bits per heavy atom. The molecule has 1 aromatic heterocycles. The second-order valence-electron chi connectivity index (χ2n) is 3.10. The normalized spacial score (nSPS) is 10.2. The van der Waals surface area contributed by atoms with Crippen LogP contribution in [0.1, 0.15) is 0 Å². The molecule has 2 aromatic rings. The van der Waals surface area contributed by atoms with E-state index in [2.05, 4.69) is 10.3 Å². The van der Waals surface area contributed by atoms with E-state index in [0.717, 1.165) is 0 Å². The number of aromatic nitrogens is 1. The van der Waals surface area contributed by atoms with Gasteiger partial charge in [0.05, 0.1) is 10.0 Å². The highest BCUT2D eigenvalue weighted by molar-refractivity contribution is 6.42. The smallest absolute Gasteiger partial charge is 0.214 e. The maximum atomic E-state index is 12.8. The first kappa shape index (κ1) is 11.2. The Balaban J connectivity index is 2.24. The van der Waals surface area contributed by atoms with Crippen molar-refractivity contribution in [3.63, 3.8) is 0 Å². The largest absolute Gasteiger partial charge is 0.340 e. The molecule has 0 aliphatic rings. The Kier molecular flexibility index (Phi) is 3.27. The molecule has 1 heterocycles. The van der Waals surface area contributed by atoms with E-state index in [9.17, 15) is 4.39 Å². The van der Waals surface area contributed by atoms with E-state index in [-0.39, 0.29) is 0 Å². The fraction of sp³-hybridized carbons (Fsp3) is 0. The van der Waals surface area contributed by atoms with E-state index < -0.39 is 5.95 Å². The summed E-state index contributed by atoms with van der Waals surface area (Å²) in [7, 11) is 0. The van der Waals surface area contributed by atoms with Crippen LogP contribution in [0.3, 0.4) is 0 Å². The van der Waals surface area contributed by atoms with Crippen LogP contribution in [0.25, 0.3) is 0 Å². The first-order valence-electron chi connectivity index (χ1n) is 4.50. The van der Waals surface area contributed by atoms with Crippen molar-refractivity contribution < 1.29 is 4.39 Å². The van der Waals surface area contributed by atoms with Gasteiger partial charge in [0.1, 0.15) is 5.82 Å². The summed E-state index contributed by atoms with van der Waals surface area (Å²) >= 11 is 11.6. The lowest BCUT2D eigenvalue weighted by molar-refractivity contribution is 0.585. The summed E-state index contributed by atoms with van der Waals surface area (Å²) in [6.07, 6.45) is 0. The zero-order valence-corrected chi connectivity index (χ0v) is 9.56. The molecular weight excluding hydrogens is 250 g/mol. The van der Waals surface area contributed by atoms with Crippen LogP contribution < -0.4 is 5.32 Å². The average molecular weight is 257 g/mol. The molecule has 5 heteroatoms. The molecule has 2 rings (SSSR count). The van der Waals surface area contributed by atoms with Gasteiger partial charge >= 0.3 is 0 Å². The standard InChI is InChI=1S/C11H7Cl2FN2/c12-8-5-4-7(6-9(8)13)15-11-3-1-2-10(14)16-11/h1-6H,(H,15,16). The molecule has 0 atom stereocenters. The quantitative estimate of drug-likeness (QED) is 0.812. The van der Waals surface area contributed by atoms with Crippen LogP contribution in [0.5, 0.6) is 0 Å². The third-order valence-electron chi connectivity index (χ3n) is 1.91. The van der Waals surface area contributed by atoms with Crippen molar-refractivity contribution in [2.75, 3.05) is 5.32 Å². The Labute approximate surface area is 102 Å². The summed E-state index contributed by atoms with van der Waals surface area (Å²) in [4.78, 5) is 3.67. The van der Waals surface area contributed by atoms with Crippen LogP contribution in [0, 0.1) is 5.95 Å². The molecule has 0 spiro atoms. The number of benzene rings is 1. The van der Waals surface area contributed by atoms with Gasteiger partial charge in [-0.2, -0.15) is 4.39 Å². The van der Waals surface area contributed by atoms with Gasteiger partial charge in [0.15, 0.2) is 0 Å². The van der Waals surface area contributed by atoms with Gasteiger partial charge in [-0.05, 0) is 30.3 Å². The average Bonchev–Trinajstić information content (AvgIpc) is 2.24. The summed E-state index contributed by atoms with van der Waals surface area (Å²) in [6.45, 7) is 0. The zero-order valence-electron chi connectivity index (χ0n) is 8.05. The number of nitrogens with one attached hydrogen (secondary N) is 1. The van der Waals surface area contributed by atoms with E-state index in [1.54, 1.807) is 30.3 Å². The second-order valence-corrected chi connectivity index (χ2v) is 3.91. The van der Waals surface area contributed by atoms with Crippen molar-refractivity contribution in [3.8, 4) is 0 Å². The maximum Gasteiger partial charge on any atom is 0.214 e. The molecule has 0 amide bonds. The minimum atomic E-state index is -0.537. The van der Waals surface area contributed by atoms with Crippen LogP contribution in [0.4, 0.5) is 15.9 Å². The summed E-state index contributed by atoms with van der Waals surface area (Å²) in [5.41, 5.74) is 0.701. The van der Waals surface area contributed by atoms with E-state index in [1.165, 1.54) is 6.07 Å². The zero-order chi connectivity index (χ0) is 11.5. The second kappa shape index (κ2) is 4.68. The van der Waals surface area contributed by atoms with Gasteiger partial charge in [-0.1, -0.05) is 29.3 Å². The molecule has 0 aliphatic carbocycles. The van der Waals surface area contributed by atoms with Crippen LogP contribution in [0.15, 0.2) is 36.4 Å². The molecule has 0 aliphatic heterocycles. The van der Waals surface area contributed by atoms with Crippen molar-refractivity contribution in [2.45, 2.75) is 0 Å². The number of rotatable bonds is 2. The number of anilines is 2. The Morgan fingerprint density at radius 2 is 1.88 bits per heavy atom. The first-order valence-corrected chi connectivity index (χ1v) is 5.25. The van der Waals surface area contributed by atoms with Crippen LogP contribution in [-0.2, 0) is 0 Å². The highest BCUT2D eigenvalue weighted by Gasteiger charge is 2.01. The number of hydrogen-bond donors (Lipinski definition) is 1. The van der Waals surface area contributed by atoms with Crippen molar-refractivity contribution >= 4 is 34.7 Å². The van der Waals surface area contributed by atoms with Gasteiger partial charge in [-0.25, -0.2) is 4.98 Å². The summed E-state index contributed by atoms with van der Waals surface area (Å²) < 4.78 is 12.8. The lowest BCUT2D eigenvalue weighted by Crippen LogP contribution is -1.94. The molecule has 0 fully saturated rings. The topological polar surface area (TPSA) is 24.9 Å². The number of pyridine rings is 1. The fourth-order valence-electron chi connectivity index (χ4n) is 1.20. The molecule has 0 saturated heterocycles. The molecule has 0 unspecified atom stereocenters. The highest BCUT2D eigenvalue weighted by atomic mass is 35.5. The van der Waals surface area contributed by atoms with Crippen molar-refractivity contribution in [1.29, 1.82) is 0 Å². The molecular formula is C11H7Cl2FN2. The van der Waals surface area contributed by atoms with Crippen molar-refractivity contribution in [3.05, 3.63) is 52.4 Å². The monoisotopic (exact) mass is 256 g/mol. The van der Waals surface area contributed by atoms with Gasteiger partial charge < -0.3 is 5.32 Å². The molecule has 2 nitrogen and oxygen atoms in total. The van der Waals surface area contributed by atoms with Gasteiger partial charge in [-0.3, -0.25) is 0 Å². The SMILES string of the molecule is Fc1cccc(Nc2ccc(Cl)c(Cl)c2)n1. The van der Waals surface area contributed by atoms with Crippen LogP contribution in [0.2, 0.25) is 10.0 Å². The summed E-state index contributed by atoms with van der Waals surface area (Å²) in [6, 6.07) is 9.55. The van der Waals surface area contributed by atoms with Crippen molar-refractivity contribution in [2.24, 2.45) is 0 Å². The molecule has 1 N–H and O–H groups in total. The number of hydrogen-bond acceptors (Lipinski definition) is 2. The molecule has 1 aromatic carbocycles. The Morgan fingerprint density at radius 1 is 1.06 bits per heavy atom. The molecule has 0 saturated carbocycles. The molecule has 82 valence electrons. The summed E-state index contributed by atoms with van der Waals surface area (Å²) in [5, 5.41) is 3.82. The van der Waals surface area contributed by atoms with Gasteiger partial charge in [0, 0.05) is 5.69 Å². The minimum absolute atomic E-state index is 0.415. The Bertz CT molecular complexity index is 517. The van der Waals surface area contributed by atoms with Crippen LogP contribution >= 0.6 is 23.2 Å². The van der Waals surface area contributed by atoms with Crippen molar-refractivity contribution in [1.82, 2.24) is 4.98 Å².